The average molecular weight is 205 g/mol. The molecule has 0 radical (unpaired) electrons. The Labute approximate surface area is 89.3 Å². The minimum Gasteiger partial charge on any atom is -0.396 e. The van der Waals surface area contributed by atoms with E-state index in [1.54, 1.807) is 12.1 Å². The minimum absolute atomic E-state index is 0.204. The number of aliphatic hydroxyl groups excluding tert-OH is 1. The van der Waals surface area contributed by atoms with E-state index >= 15 is 0 Å². The number of nitrogen functional groups attached to an aromatic ring is 1. The summed E-state index contributed by atoms with van der Waals surface area (Å²) in [6, 6.07) is 7.36. The van der Waals surface area contributed by atoms with E-state index in [1.165, 1.54) is 0 Å². The van der Waals surface area contributed by atoms with E-state index in [0.29, 0.717) is 11.3 Å². The van der Waals surface area contributed by atoms with Crippen LogP contribution in [0, 0.1) is 11.3 Å². The van der Waals surface area contributed by atoms with Crippen LogP contribution in [0.5, 0.6) is 0 Å². The van der Waals surface area contributed by atoms with Gasteiger partial charge in [0.25, 0.3) is 0 Å². The van der Waals surface area contributed by atoms with Crippen LogP contribution in [-0.4, -0.2) is 18.3 Å². The minimum atomic E-state index is 0.204. The molecule has 0 aliphatic carbocycles. The van der Waals surface area contributed by atoms with Gasteiger partial charge in [-0.05, 0) is 25.0 Å². The molecule has 0 aliphatic rings. The Morgan fingerprint density at radius 3 is 2.87 bits per heavy atom. The van der Waals surface area contributed by atoms with Crippen molar-refractivity contribution >= 4 is 11.4 Å². The Balaban J connectivity index is 2.58. The molecule has 0 aromatic heterocycles. The van der Waals surface area contributed by atoms with Crippen LogP contribution >= 0.6 is 0 Å². The quantitative estimate of drug-likeness (QED) is 0.500. The van der Waals surface area contributed by atoms with Gasteiger partial charge in [-0.15, -0.1) is 0 Å². The van der Waals surface area contributed by atoms with Crippen molar-refractivity contribution in [3.8, 4) is 6.07 Å². The molecule has 1 aromatic carbocycles. The maximum Gasteiger partial charge on any atom is 0.101 e. The number of benzene rings is 1. The van der Waals surface area contributed by atoms with Crippen molar-refractivity contribution in [2.24, 2.45) is 0 Å². The monoisotopic (exact) mass is 205 g/mol. The summed E-state index contributed by atoms with van der Waals surface area (Å²) in [5.74, 6) is 0. The van der Waals surface area contributed by atoms with Crippen LogP contribution in [0.2, 0.25) is 0 Å². The van der Waals surface area contributed by atoms with Crippen molar-refractivity contribution in [3.63, 3.8) is 0 Å². The second kappa shape index (κ2) is 5.89. The first-order valence-electron chi connectivity index (χ1n) is 4.93. The van der Waals surface area contributed by atoms with Gasteiger partial charge < -0.3 is 16.2 Å². The van der Waals surface area contributed by atoms with Gasteiger partial charge in [0.1, 0.15) is 6.07 Å². The van der Waals surface area contributed by atoms with Gasteiger partial charge in [-0.1, -0.05) is 6.07 Å². The first-order valence-corrected chi connectivity index (χ1v) is 4.93. The number of aliphatic hydroxyl groups is 1. The zero-order valence-corrected chi connectivity index (χ0v) is 8.53. The molecule has 4 heteroatoms. The van der Waals surface area contributed by atoms with Gasteiger partial charge in [0, 0.05) is 13.2 Å². The van der Waals surface area contributed by atoms with Crippen molar-refractivity contribution in [3.05, 3.63) is 23.8 Å². The highest BCUT2D eigenvalue weighted by Crippen LogP contribution is 2.21. The van der Waals surface area contributed by atoms with Crippen molar-refractivity contribution < 1.29 is 5.11 Å². The van der Waals surface area contributed by atoms with Crippen molar-refractivity contribution in [2.45, 2.75) is 12.8 Å². The molecule has 0 bridgehead atoms. The van der Waals surface area contributed by atoms with E-state index < -0.39 is 0 Å². The zero-order valence-electron chi connectivity index (χ0n) is 8.53. The van der Waals surface area contributed by atoms with Gasteiger partial charge in [0.15, 0.2) is 0 Å². The van der Waals surface area contributed by atoms with Crippen LogP contribution < -0.4 is 11.1 Å². The molecule has 4 nitrogen and oxygen atoms in total. The number of nitrogens with two attached hydrogens (primary N) is 1. The Morgan fingerprint density at radius 1 is 1.40 bits per heavy atom. The Morgan fingerprint density at radius 2 is 2.20 bits per heavy atom. The number of unbranched alkanes of at least 4 members (excludes halogenated alkanes) is 1. The van der Waals surface area contributed by atoms with Crippen molar-refractivity contribution in [1.82, 2.24) is 0 Å². The number of hydrogen-bond acceptors (Lipinski definition) is 4. The number of nitrogens with one attached hydrogen (secondary N) is 1. The molecule has 0 amide bonds. The van der Waals surface area contributed by atoms with Gasteiger partial charge in [-0.25, -0.2) is 0 Å². The first kappa shape index (κ1) is 11.3. The summed E-state index contributed by atoms with van der Waals surface area (Å²) in [5, 5.41) is 20.5. The summed E-state index contributed by atoms with van der Waals surface area (Å²) < 4.78 is 0. The lowest BCUT2D eigenvalue weighted by atomic mass is 10.1. The summed E-state index contributed by atoms with van der Waals surface area (Å²) in [4.78, 5) is 0. The molecule has 0 unspecified atom stereocenters. The molecule has 1 rings (SSSR count). The maximum absolute atomic E-state index is 8.76. The third kappa shape index (κ3) is 3.15. The molecule has 0 aliphatic heterocycles. The number of anilines is 2. The average Bonchev–Trinajstić information content (AvgIpc) is 2.26. The van der Waals surface area contributed by atoms with Gasteiger partial charge in [-0.2, -0.15) is 5.26 Å². The molecule has 0 spiro atoms. The van der Waals surface area contributed by atoms with E-state index in [4.69, 9.17) is 16.1 Å². The molecule has 0 fully saturated rings. The van der Waals surface area contributed by atoms with Crippen molar-refractivity contribution in [2.75, 3.05) is 24.2 Å². The third-order valence-electron chi connectivity index (χ3n) is 2.13. The van der Waals surface area contributed by atoms with Crippen LogP contribution in [-0.2, 0) is 0 Å². The lowest BCUT2D eigenvalue weighted by Crippen LogP contribution is -2.05. The zero-order chi connectivity index (χ0) is 11.1. The van der Waals surface area contributed by atoms with Crippen molar-refractivity contribution in [1.29, 1.82) is 5.26 Å². The van der Waals surface area contributed by atoms with Gasteiger partial charge in [-0.3, -0.25) is 0 Å². The van der Waals surface area contributed by atoms with Crippen LogP contribution in [0.15, 0.2) is 18.2 Å². The number of hydrogen-bond donors (Lipinski definition) is 3. The molecule has 0 saturated heterocycles. The fraction of sp³-hybridized carbons (Fsp3) is 0.364. The lowest BCUT2D eigenvalue weighted by molar-refractivity contribution is 0.286. The first-order chi connectivity index (χ1) is 7.29. The molecular weight excluding hydrogens is 190 g/mol. The van der Waals surface area contributed by atoms with Crippen LogP contribution in [0.1, 0.15) is 18.4 Å². The largest absolute Gasteiger partial charge is 0.396 e. The van der Waals surface area contributed by atoms with Crippen LogP contribution in [0.3, 0.4) is 0 Å². The summed E-state index contributed by atoms with van der Waals surface area (Å²) >= 11 is 0. The van der Waals surface area contributed by atoms with Gasteiger partial charge in [0.05, 0.1) is 16.9 Å². The van der Waals surface area contributed by atoms with E-state index in [0.717, 1.165) is 25.1 Å². The highest BCUT2D eigenvalue weighted by Gasteiger charge is 2.02. The highest BCUT2D eigenvalue weighted by molar-refractivity contribution is 5.72. The SMILES string of the molecule is N#Cc1cccc(NCCCCO)c1N. The highest BCUT2D eigenvalue weighted by atomic mass is 16.2. The fourth-order valence-electron chi connectivity index (χ4n) is 1.28. The fourth-order valence-corrected chi connectivity index (χ4v) is 1.28. The summed E-state index contributed by atoms with van der Waals surface area (Å²) in [7, 11) is 0. The Kier molecular flexibility index (Phi) is 4.45. The molecule has 0 atom stereocenters. The van der Waals surface area contributed by atoms with E-state index in [1.807, 2.05) is 12.1 Å². The summed E-state index contributed by atoms with van der Waals surface area (Å²) in [6.45, 7) is 0.953. The van der Waals surface area contributed by atoms with Crippen LogP contribution in [0.25, 0.3) is 0 Å². The maximum atomic E-state index is 8.76. The smallest absolute Gasteiger partial charge is 0.101 e. The predicted octanol–water partition coefficient (Wildman–Crippen LogP) is 1.32. The molecule has 15 heavy (non-hydrogen) atoms. The van der Waals surface area contributed by atoms with E-state index in [9.17, 15) is 0 Å². The molecule has 0 saturated carbocycles. The topological polar surface area (TPSA) is 82.1 Å². The second-order valence-electron chi connectivity index (χ2n) is 3.24. The number of rotatable bonds is 5. The van der Waals surface area contributed by atoms with E-state index in [2.05, 4.69) is 5.32 Å². The van der Waals surface area contributed by atoms with E-state index in [-0.39, 0.29) is 6.61 Å². The standard InChI is InChI=1S/C11H15N3O/c12-8-9-4-3-5-10(11(9)13)14-6-1-2-7-15/h3-5,14-15H,1-2,6-7,13H2. The molecular formula is C11H15N3O. The molecule has 80 valence electrons. The molecule has 1 aromatic rings. The molecule has 4 N–H and O–H groups in total. The number of nitriles is 1. The lowest BCUT2D eigenvalue weighted by Gasteiger charge is -2.09. The van der Waals surface area contributed by atoms with Gasteiger partial charge in [0.2, 0.25) is 0 Å². The number of nitrogens with zero attached hydrogens (tertiary/aromatic N) is 1. The number of para-hydroxylation sites is 1. The summed E-state index contributed by atoms with van der Waals surface area (Å²) in [5.41, 5.74) is 7.54. The predicted molar refractivity (Wildman–Crippen MR) is 60.4 cm³/mol. The third-order valence-corrected chi connectivity index (χ3v) is 2.13. The van der Waals surface area contributed by atoms with Gasteiger partial charge >= 0.3 is 0 Å². The Hall–Kier alpha value is -1.73. The summed E-state index contributed by atoms with van der Waals surface area (Å²) in [6.07, 6.45) is 1.65. The second-order valence-corrected chi connectivity index (χ2v) is 3.24. The Bertz CT molecular complexity index is 357. The normalized spacial score (nSPS) is 9.60. The van der Waals surface area contributed by atoms with Crippen LogP contribution in [0.4, 0.5) is 11.4 Å². The molecule has 0 heterocycles.